The molecule has 0 aromatic heterocycles. The van der Waals surface area contributed by atoms with Crippen molar-refractivity contribution in [2.24, 2.45) is 29.2 Å². The van der Waals surface area contributed by atoms with Crippen molar-refractivity contribution in [3.05, 3.63) is 0 Å². The van der Waals surface area contributed by atoms with Crippen LogP contribution in [0.3, 0.4) is 0 Å². The van der Waals surface area contributed by atoms with E-state index >= 15 is 0 Å². The van der Waals surface area contributed by atoms with E-state index in [9.17, 15) is 58.5 Å². The number of esters is 1. The molecule has 0 radical (unpaired) electrons. The lowest BCUT2D eigenvalue weighted by molar-refractivity contribution is -0.159. The molecule has 1 rings (SSSR count). The quantitative estimate of drug-likeness (QED) is 0.0416. The van der Waals surface area contributed by atoms with Crippen molar-refractivity contribution in [1.82, 2.24) is 36.8 Å². The topological polar surface area (TPSA) is 351 Å². The Morgan fingerprint density at radius 3 is 1.64 bits per heavy atom. The van der Waals surface area contributed by atoms with Crippen LogP contribution >= 0.6 is 0 Å². The maximum atomic E-state index is 13.9. The van der Waals surface area contributed by atoms with E-state index in [2.05, 4.69) is 31.9 Å². The molecule has 0 unspecified atom stereocenters. The smallest absolute Gasteiger partial charge is 0.329 e. The molecule has 1 heterocycles. The molecule has 0 saturated carbocycles. The minimum atomic E-state index is -1.63. The van der Waals surface area contributed by atoms with Crippen LogP contribution in [-0.4, -0.2) is 153 Å². The Kier molecular flexibility index (Phi) is 23.3. The summed E-state index contributed by atoms with van der Waals surface area (Å²) in [5.41, 5.74) is 9.94. The van der Waals surface area contributed by atoms with Crippen molar-refractivity contribution < 1.29 is 63.2 Å². The lowest BCUT2D eigenvalue weighted by atomic mass is 9.98. The zero-order chi connectivity index (χ0) is 49.4. The van der Waals surface area contributed by atoms with Crippen molar-refractivity contribution in [3.8, 4) is 0 Å². The number of nitrogens with two attached hydrogens (primary N) is 2. The standard InChI is InChI=1S/C42H75N9O13/c1-20(2)17-27(36(58)48-31(22(5)6)38(60)49-32(23(7)53)39(61)47-28(18-21(3)4)41(63)64-42(9,10)11)46-37(59)29-13-12-16-51(29)40(62)33(24(8)54)50-35(57)26(14-15-30(44)55)45-34(56)25(43)19-52/h20-29,31-33,52-54H,12-19,43H2,1-11H3,(H2,44,55)(H,45,56)(H,46,59)(H,47,61)(H,48,58)(H,49,60)(H,50,57)/t23-,24-,25+,26+,27+,28+,29+,31+,32+,33+/m1/s1. The summed E-state index contributed by atoms with van der Waals surface area (Å²) in [6, 6.07) is -10.8. The zero-order valence-electron chi connectivity index (χ0n) is 39.2. The van der Waals surface area contributed by atoms with Crippen LogP contribution < -0.4 is 43.4 Å². The normalized spacial score (nSPS) is 18.3. The van der Waals surface area contributed by atoms with Gasteiger partial charge in [-0.25, -0.2) is 4.79 Å². The van der Waals surface area contributed by atoms with Crippen LogP contribution in [0.1, 0.15) is 115 Å². The molecule has 1 fully saturated rings. The van der Waals surface area contributed by atoms with Crippen molar-refractivity contribution in [3.63, 3.8) is 0 Å². The van der Waals surface area contributed by atoms with Crippen LogP contribution in [0.2, 0.25) is 0 Å². The van der Waals surface area contributed by atoms with Gasteiger partial charge in [0.1, 0.15) is 53.9 Å². The summed E-state index contributed by atoms with van der Waals surface area (Å²) in [6.07, 6.45) is -2.81. The summed E-state index contributed by atoms with van der Waals surface area (Å²) in [6.45, 7) is 17.4. The molecule has 8 amide bonds. The third kappa shape index (κ3) is 19.0. The molecule has 0 spiro atoms. The van der Waals surface area contributed by atoms with E-state index in [1.54, 1.807) is 48.5 Å². The molecule has 1 aliphatic heterocycles. The Bertz CT molecular complexity index is 1630. The van der Waals surface area contributed by atoms with E-state index in [0.717, 1.165) is 4.90 Å². The number of amides is 8. The highest BCUT2D eigenvalue weighted by molar-refractivity contribution is 5.98. The maximum absolute atomic E-state index is 13.9. The Labute approximate surface area is 375 Å². The van der Waals surface area contributed by atoms with E-state index in [-0.39, 0.29) is 50.5 Å². The number of carbonyl (C=O) groups is 9. The third-order valence-corrected chi connectivity index (χ3v) is 10.1. The second-order valence-corrected chi connectivity index (χ2v) is 18.6. The average Bonchev–Trinajstić information content (AvgIpc) is 3.67. The molecule has 1 aliphatic rings. The number of carbonyl (C=O) groups excluding carboxylic acids is 9. The molecular formula is C42H75N9O13. The molecule has 366 valence electrons. The highest BCUT2D eigenvalue weighted by Gasteiger charge is 2.42. The van der Waals surface area contributed by atoms with Gasteiger partial charge in [-0.15, -0.1) is 0 Å². The number of primary amides is 1. The van der Waals surface area contributed by atoms with Gasteiger partial charge in [-0.3, -0.25) is 38.4 Å². The number of nitrogens with zero attached hydrogens (tertiary/aromatic N) is 1. The second kappa shape index (κ2) is 26.1. The molecule has 1 saturated heterocycles. The number of likely N-dealkylation sites (tertiary alicyclic amines) is 1. The number of hydrogen-bond donors (Lipinski definition) is 11. The number of nitrogens with one attached hydrogen (secondary N) is 6. The molecule has 0 aliphatic carbocycles. The van der Waals surface area contributed by atoms with Gasteiger partial charge in [0.2, 0.25) is 47.3 Å². The van der Waals surface area contributed by atoms with Crippen molar-refractivity contribution in [1.29, 1.82) is 0 Å². The Morgan fingerprint density at radius 1 is 0.672 bits per heavy atom. The summed E-state index contributed by atoms with van der Waals surface area (Å²) in [4.78, 5) is 120. The van der Waals surface area contributed by atoms with Crippen molar-refractivity contribution >= 4 is 53.2 Å². The van der Waals surface area contributed by atoms with E-state index < -0.39 is 132 Å². The van der Waals surface area contributed by atoms with E-state index in [0.29, 0.717) is 6.42 Å². The van der Waals surface area contributed by atoms with Gasteiger partial charge in [-0.1, -0.05) is 41.5 Å². The fourth-order valence-electron chi connectivity index (χ4n) is 6.77. The monoisotopic (exact) mass is 914 g/mol. The SMILES string of the molecule is CC(C)C[C@H](NC(=O)[C@@H]1CCCN1C(=O)[C@@H](NC(=O)[C@H](CCC(N)=O)NC(=O)[C@@H](N)CO)[C@@H](C)O)C(=O)N[C@H](C(=O)N[C@H](C(=O)N[C@@H](CC(C)C)C(=O)OC(C)(C)C)[C@@H](C)O)C(C)C. The third-order valence-electron chi connectivity index (χ3n) is 10.1. The molecule has 0 bridgehead atoms. The molecule has 22 nitrogen and oxygen atoms in total. The zero-order valence-corrected chi connectivity index (χ0v) is 39.2. The van der Waals surface area contributed by atoms with Crippen molar-refractivity contribution in [2.75, 3.05) is 13.2 Å². The summed E-state index contributed by atoms with van der Waals surface area (Å²) < 4.78 is 5.48. The first kappa shape index (κ1) is 57.1. The lowest BCUT2D eigenvalue weighted by Crippen LogP contribution is -2.62. The molecule has 64 heavy (non-hydrogen) atoms. The molecule has 13 N–H and O–H groups in total. The Balaban J connectivity index is 3.29. The summed E-state index contributed by atoms with van der Waals surface area (Å²) >= 11 is 0. The van der Waals surface area contributed by atoms with Crippen LogP contribution in [0.15, 0.2) is 0 Å². The van der Waals surface area contributed by atoms with Crippen LogP contribution in [0.25, 0.3) is 0 Å². The first-order chi connectivity index (χ1) is 29.5. The second-order valence-electron chi connectivity index (χ2n) is 18.6. The van der Waals surface area contributed by atoms with Crippen LogP contribution in [0.4, 0.5) is 0 Å². The summed E-state index contributed by atoms with van der Waals surface area (Å²) in [5, 5.41) is 45.6. The van der Waals surface area contributed by atoms with Crippen molar-refractivity contribution in [2.45, 2.75) is 181 Å². The highest BCUT2D eigenvalue weighted by Crippen LogP contribution is 2.21. The number of hydrogen-bond acceptors (Lipinski definition) is 14. The number of rotatable bonds is 25. The molecule has 0 aromatic carbocycles. The van der Waals surface area contributed by atoms with Gasteiger partial charge >= 0.3 is 5.97 Å². The number of aliphatic hydroxyl groups excluding tert-OH is 3. The number of aliphatic hydroxyl groups is 3. The molecule has 22 heteroatoms. The van der Waals surface area contributed by atoms with Gasteiger partial charge < -0.3 is 68.3 Å². The predicted molar refractivity (Wildman–Crippen MR) is 233 cm³/mol. The van der Waals surface area contributed by atoms with E-state index in [1.807, 2.05) is 13.8 Å². The first-order valence-electron chi connectivity index (χ1n) is 21.9. The predicted octanol–water partition coefficient (Wildman–Crippen LogP) is -2.68. The van der Waals surface area contributed by atoms with Gasteiger partial charge in [0.25, 0.3) is 0 Å². The minimum Gasteiger partial charge on any atom is -0.458 e. The summed E-state index contributed by atoms with van der Waals surface area (Å²) in [5.74, 6) is -8.20. The lowest BCUT2D eigenvalue weighted by Gasteiger charge is -2.32. The molecule has 10 atom stereocenters. The molecule has 0 aromatic rings. The fourth-order valence-corrected chi connectivity index (χ4v) is 6.77. The molecular weight excluding hydrogens is 839 g/mol. The fraction of sp³-hybridized carbons (Fsp3) is 0.786. The van der Waals surface area contributed by atoms with Crippen LogP contribution in [-0.2, 0) is 47.9 Å². The van der Waals surface area contributed by atoms with Crippen LogP contribution in [0, 0.1) is 17.8 Å². The van der Waals surface area contributed by atoms with E-state index in [4.69, 9.17) is 16.2 Å². The van der Waals surface area contributed by atoms with Gasteiger partial charge in [0.15, 0.2) is 0 Å². The average molecular weight is 914 g/mol. The van der Waals surface area contributed by atoms with Gasteiger partial charge in [0, 0.05) is 13.0 Å². The summed E-state index contributed by atoms with van der Waals surface area (Å²) in [7, 11) is 0. The minimum absolute atomic E-state index is 0.0356. The van der Waals surface area contributed by atoms with Gasteiger partial charge in [-0.2, -0.15) is 0 Å². The first-order valence-corrected chi connectivity index (χ1v) is 21.9. The van der Waals surface area contributed by atoms with Gasteiger partial charge in [0.05, 0.1) is 18.8 Å². The largest absolute Gasteiger partial charge is 0.458 e. The maximum Gasteiger partial charge on any atom is 0.329 e. The van der Waals surface area contributed by atoms with E-state index in [1.165, 1.54) is 13.8 Å². The number of ether oxygens (including phenoxy) is 1. The highest BCUT2D eigenvalue weighted by atomic mass is 16.6. The van der Waals surface area contributed by atoms with Gasteiger partial charge in [-0.05, 0) is 84.5 Å². The Morgan fingerprint density at radius 2 is 1.16 bits per heavy atom. The Hall–Kier alpha value is -4.93. The van der Waals surface area contributed by atoms with Crippen LogP contribution in [0.5, 0.6) is 0 Å².